The van der Waals surface area contributed by atoms with Crippen molar-refractivity contribution in [2.24, 2.45) is 0 Å². The van der Waals surface area contributed by atoms with Gasteiger partial charge in [0.2, 0.25) is 16.6 Å². The summed E-state index contributed by atoms with van der Waals surface area (Å²) in [5.41, 5.74) is 1.80. The van der Waals surface area contributed by atoms with Gasteiger partial charge in [-0.3, -0.25) is 14.5 Å². The normalized spacial score (nSPS) is 14.9. The fraction of sp³-hybridized carbons (Fsp3) is 0.280. The number of hydrogen-bond donors (Lipinski definition) is 0. The lowest BCUT2D eigenvalue weighted by Crippen LogP contribution is -2.29. The summed E-state index contributed by atoms with van der Waals surface area (Å²) in [6.45, 7) is 3.86. The molecular formula is C25H23N3O6S. The van der Waals surface area contributed by atoms with Gasteiger partial charge in [-0.15, -0.1) is 10.2 Å². The van der Waals surface area contributed by atoms with Crippen LogP contribution in [0.2, 0.25) is 0 Å². The SMILES string of the molecule is CCc1nnc(N2C(=O)c3oc4ccc(C)cc4c(=O)c3[C@H]2c2cc(OC)c(OC)c(OC)c2)s1. The van der Waals surface area contributed by atoms with Crippen LogP contribution in [0.4, 0.5) is 5.13 Å². The Morgan fingerprint density at radius 2 is 1.74 bits per heavy atom. The standard InChI is InChI=1S/C25H23N3O6S/c1-6-18-26-27-25(35-18)28-20(13-10-16(31-3)22(33-5)17(11-13)32-4)19-21(29)14-9-12(2)7-8-15(14)34-23(19)24(28)30/h7-11,20H,6H2,1-5H3/t20-/m1/s1. The molecule has 1 aliphatic heterocycles. The van der Waals surface area contributed by atoms with Crippen molar-refractivity contribution in [2.45, 2.75) is 26.3 Å². The Morgan fingerprint density at radius 3 is 2.34 bits per heavy atom. The fourth-order valence-electron chi connectivity index (χ4n) is 4.34. The van der Waals surface area contributed by atoms with E-state index in [0.29, 0.717) is 45.3 Å². The van der Waals surface area contributed by atoms with Gasteiger partial charge in [-0.25, -0.2) is 0 Å². The number of methoxy groups -OCH3 is 3. The van der Waals surface area contributed by atoms with E-state index in [4.69, 9.17) is 18.6 Å². The second-order valence-corrected chi connectivity index (χ2v) is 9.08. The first kappa shape index (κ1) is 22.9. The summed E-state index contributed by atoms with van der Waals surface area (Å²) in [6, 6.07) is 7.93. The van der Waals surface area contributed by atoms with Crippen molar-refractivity contribution in [1.82, 2.24) is 10.2 Å². The van der Waals surface area contributed by atoms with Gasteiger partial charge in [0.15, 0.2) is 16.9 Å². The van der Waals surface area contributed by atoms with Gasteiger partial charge in [0.1, 0.15) is 10.6 Å². The van der Waals surface area contributed by atoms with Gasteiger partial charge in [-0.05, 0) is 43.2 Å². The molecule has 3 heterocycles. The number of nitrogens with zero attached hydrogens (tertiary/aromatic N) is 3. The van der Waals surface area contributed by atoms with Gasteiger partial charge in [-0.2, -0.15) is 0 Å². The number of anilines is 1. The van der Waals surface area contributed by atoms with E-state index in [1.54, 1.807) is 24.3 Å². The van der Waals surface area contributed by atoms with E-state index in [1.165, 1.54) is 37.6 Å². The molecule has 0 spiro atoms. The zero-order valence-electron chi connectivity index (χ0n) is 19.9. The van der Waals surface area contributed by atoms with E-state index in [-0.39, 0.29) is 16.8 Å². The lowest BCUT2D eigenvalue weighted by atomic mass is 9.97. The van der Waals surface area contributed by atoms with Crippen LogP contribution in [0.5, 0.6) is 17.2 Å². The Kier molecular flexibility index (Phi) is 5.68. The molecule has 4 aromatic rings. The van der Waals surface area contributed by atoms with Gasteiger partial charge in [-0.1, -0.05) is 29.9 Å². The third kappa shape index (κ3) is 3.52. The van der Waals surface area contributed by atoms with Crippen LogP contribution < -0.4 is 24.5 Å². The van der Waals surface area contributed by atoms with Crippen LogP contribution in [0, 0.1) is 6.92 Å². The van der Waals surface area contributed by atoms with Crippen LogP contribution in [0.15, 0.2) is 39.5 Å². The second-order valence-electron chi connectivity index (χ2n) is 8.04. The monoisotopic (exact) mass is 493 g/mol. The molecule has 0 unspecified atom stereocenters. The third-order valence-electron chi connectivity index (χ3n) is 5.99. The smallest absolute Gasteiger partial charge is 0.297 e. The molecule has 0 bridgehead atoms. The Hall–Kier alpha value is -3.92. The second kappa shape index (κ2) is 8.70. The third-order valence-corrected chi connectivity index (χ3v) is 7.06. The van der Waals surface area contributed by atoms with Crippen LogP contribution in [0.25, 0.3) is 11.0 Å². The molecule has 35 heavy (non-hydrogen) atoms. The molecular weight excluding hydrogens is 470 g/mol. The molecule has 1 atom stereocenters. The first-order valence-corrected chi connectivity index (χ1v) is 11.8. The molecule has 0 N–H and O–H groups in total. The fourth-order valence-corrected chi connectivity index (χ4v) is 5.15. The predicted octanol–water partition coefficient (Wildman–Crippen LogP) is 4.29. The number of amides is 1. The minimum Gasteiger partial charge on any atom is -0.493 e. The zero-order valence-corrected chi connectivity index (χ0v) is 20.7. The van der Waals surface area contributed by atoms with Crippen LogP contribution in [0.1, 0.15) is 45.2 Å². The summed E-state index contributed by atoms with van der Waals surface area (Å²) in [7, 11) is 4.53. The molecule has 2 aromatic heterocycles. The number of hydrogen-bond acceptors (Lipinski definition) is 9. The average molecular weight is 494 g/mol. The molecule has 5 rings (SSSR count). The van der Waals surface area contributed by atoms with E-state index >= 15 is 0 Å². The van der Waals surface area contributed by atoms with Crippen molar-refractivity contribution >= 4 is 33.3 Å². The highest BCUT2D eigenvalue weighted by Crippen LogP contribution is 2.46. The van der Waals surface area contributed by atoms with Gasteiger partial charge in [0.25, 0.3) is 5.91 Å². The predicted molar refractivity (Wildman–Crippen MR) is 131 cm³/mol. The quantitative estimate of drug-likeness (QED) is 0.392. The zero-order chi connectivity index (χ0) is 24.9. The van der Waals surface area contributed by atoms with Crippen molar-refractivity contribution in [3.05, 3.63) is 68.0 Å². The molecule has 0 aliphatic carbocycles. The summed E-state index contributed by atoms with van der Waals surface area (Å²) < 4.78 is 22.6. The molecule has 9 nitrogen and oxygen atoms in total. The van der Waals surface area contributed by atoms with Crippen molar-refractivity contribution < 1.29 is 23.4 Å². The van der Waals surface area contributed by atoms with Crippen molar-refractivity contribution in [3.63, 3.8) is 0 Å². The molecule has 0 saturated heterocycles. The van der Waals surface area contributed by atoms with Crippen LogP contribution in [-0.2, 0) is 6.42 Å². The van der Waals surface area contributed by atoms with Gasteiger partial charge >= 0.3 is 0 Å². The molecule has 1 amide bonds. The number of ether oxygens (including phenoxy) is 3. The van der Waals surface area contributed by atoms with Crippen molar-refractivity contribution in [2.75, 3.05) is 26.2 Å². The van der Waals surface area contributed by atoms with Crippen LogP contribution in [0.3, 0.4) is 0 Å². The maximum Gasteiger partial charge on any atom is 0.297 e. The first-order valence-electron chi connectivity index (χ1n) is 10.9. The van der Waals surface area contributed by atoms with Gasteiger partial charge in [0.05, 0.1) is 38.3 Å². The summed E-state index contributed by atoms with van der Waals surface area (Å²) in [5, 5.41) is 9.99. The Bertz CT molecular complexity index is 1500. The largest absolute Gasteiger partial charge is 0.493 e. The minimum absolute atomic E-state index is 0.0154. The Balaban J connectivity index is 1.83. The van der Waals surface area contributed by atoms with Gasteiger partial charge in [0, 0.05) is 0 Å². The molecule has 10 heteroatoms. The molecule has 180 valence electrons. The maximum atomic E-state index is 13.8. The van der Waals surface area contributed by atoms with E-state index in [0.717, 1.165) is 10.6 Å². The topological polar surface area (TPSA) is 104 Å². The minimum atomic E-state index is -0.829. The number of aromatic nitrogens is 2. The number of carbonyl (C=O) groups excluding carboxylic acids is 1. The first-order chi connectivity index (χ1) is 16.9. The van der Waals surface area contributed by atoms with Crippen molar-refractivity contribution in [3.8, 4) is 17.2 Å². The van der Waals surface area contributed by atoms with Crippen LogP contribution in [-0.4, -0.2) is 37.4 Å². The average Bonchev–Trinajstić information content (AvgIpc) is 3.46. The summed E-state index contributed by atoms with van der Waals surface area (Å²) in [4.78, 5) is 29.0. The lowest BCUT2D eigenvalue weighted by Gasteiger charge is -2.24. The Labute approximate surface area is 204 Å². The molecule has 0 radical (unpaired) electrons. The Morgan fingerprint density at radius 1 is 1.03 bits per heavy atom. The highest BCUT2D eigenvalue weighted by molar-refractivity contribution is 7.15. The van der Waals surface area contributed by atoms with Crippen molar-refractivity contribution in [1.29, 1.82) is 0 Å². The summed E-state index contributed by atoms with van der Waals surface area (Å²) in [5.74, 6) is 0.723. The summed E-state index contributed by atoms with van der Waals surface area (Å²) in [6.07, 6.45) is 0.668. The number of fused-ring (bicyclic) bond motifs is 2. The number of carbonyl (C=O) groups is 1. The van der Waals surface area contributed by atoms with Crippen LogP contribution >= 0.6 is 11.3 Å². The van der Waals surface area contributed by atoms with Gasteiger partial charge < -0.3 is 18.6 Å². The molecule has 1 aliphatic rings. The van der Waals surface area contributed by atoms with E-state index < -0.39 is 11.9 Å². The van der Waals surface area contributed by atoms with E-state index in [1.807, 2.05) is 19.9 Å². The maximum absolute atomic E-state index is 13.8. The summed E-state index contributed by atoms with van der Waals surface area (Å²) >= 11 is 1.30. The lowest BCUT2D eigenvalue weighted by molar-refractivity contribution is 0.0970. The molecule has 0 saturated carbocycles. The highest BCUT2D eigenvalue weighted by Gasteiger charge is 2.45. The number of rotatable bonds is 6. The van der Waals surface area contributed by atoms with E-state index in [9.17, 15) is 9.59 Å². The molecule has 2 aromatic carbocycles. The molecule has 0 fully saturated rings. The number of benzene rings is 2. The highest BCUT2D eigenvalue weighted by atomic mass is 32.1. The van der Waals surface area contributed by atoms with E-state index in [2.05, 4.69) is 10.2 Å². The number of aryl methyl sites for hydroxylation is 2.